The number of aromatic hydroxyl groups is 1. The van der Waals surface area contributed by atoms with E-state index in [-0.39, 0.29) is 31.2 Å². The molecule has 3 aromatic carbocycles. The number of hydrogen-bond acceptors (Lipinski definition) is 9. The van der Waals surface area contributed by atoms with Crippen LogP contribution in [-0.4, -0.2) is 72.4 Å². The van der Waals surface area contributed by atoms with Crippen LogP contribution < -0.4 is 36.5 Å². The van der Waals surface area contributed by atoms with Crippen molar-refractivity contribution in [3.8, 4) is 17.2 Å². The van der Waals surface area contributed by atoms with Gasteiger partial charge in [-0.25, -0.2) is 0 Å². The fourth-order valence-electron chi connectivity index (χ4n) is 5.25. The van der Waals surface area contributed by atoms with Crippen LogP contribution in [0.4, 0.5) is 0 Å². The highest BCUT2D eigenvalue weighted by Crippen LogP contribution is 2.23. The second-order valence-electron chi connectivity index (χ2n) is 13.8. The highest BCUT2D eigenvalue weighted by atomic mass is 16.5. The normalized spacial score (nSPS) is 14.5. The first-order chi connectivity index (χ1) is 23.6. The molecule has 0 fully saturated rings. The average Bonchev–Trinajstić information content (AvgIpc) is 3.09. The van der Waals surface area contributed by atoms with Gasteiger partial charge in [0.05, 0.1) is 32.4 Å². The Morgan fingerprint density at radius 1 is 0.780 bits per heavy atom. The number of rotatable bonds is 17. The molecule has 3 amide bonds. The van der Waals surface area contributed by atoms with Crippen molar-refractivity contribution in [2.75, 3.05) is 14.2 Å². The van der Waals surface area contributed by atoms with Crippen LogP contribution in [0.3, 0.4) is 0 Å². The Morgan fingerprint density at radius 3 is 1.96 bits per heavy atom. The third-order valence-corrected chi connectivity index (χ3v) is 8.56. The van der Waals surface area contributed by atoms with Crippen LogP contribution in [0.1, 0.15) is 51.3 Å². The standard InChI is InChI=1S/C38H53N5O7/c1-23(2)31(35(46)41-22-26-15-18-28(50-7)20-30(26)44)43-36(47)32(40-21-25-13-16-27(49-6)17-14-25)33(45)29(19-24-11-9-8-10-12-24)42-37(48)34(39)38(3,4)5/h8-18,20,23,29,31-34,40,44-45H,19,21-22,39H2,1-7H3,(H,41,46)(H,42,48)(H,43,47)/t29-,31-,32+,33+,34+/m0/s1. The number of methoxy groups -OCH3 is 2. The SMILES string of the molecule is COc1ccc(CN[C@@H](C(=O)N[C@H](C(=O)NCc2ccc(OC)cc2O)C(C)C)[C@H](O)[C@H](Cc2ccccc2)NC(=O)[C@@H](N)C(C)(C)C)cc1. The number of aliphatic hydroxyl groups excluding tert-OH is 1. The number of hydrogen-bond donors (Lipinski definition) is 7. The highest BCUT2D eigenvalue weighted by Gasteiger charge is 2.38. The first-order valence-corrected chi connectivity index (χ1v) is 16.7. The molecule has 8 N–H and O–H groups in total. The summed E-state index contributed by atoms with van der Waals surface area (Å²) in [4.78, 5) is 41.0. The Hall–Kier alpha value is -4.65. The van der Waals surface area contributed by atoms with Crippen LogP contribution in [0.5, 0.6) is 17.2 Å². The van der Waals surface area contributed by atoms with E-state index in [0.717, 1.165) is 11.1 Å². The molecule has 0 spiro atoms. The van der Waals surface area contributed by atoms with Gasteiger partial charge in [0, 0.05) is 24.7 Å². The summed E-state index contributed by atoms with van der Waals surface area (Å²) in [5.74, 6) is -0.827. The van der Waals surface area contributed by atoms with Crippen molar-refractivity contribution in [1.82, 2.24) is 21.3 Å². The number of ether oxygens (including phenoxy) is 2. The molecule has 0 radical (unpaired) electrons. The number of phenolic OH excluding ortho intramolecular Hbond substituents is 1. The molecular weight excluding hydrogens is 638 g/mol. The average molecular weight is 692 g/mol. The summed E-state index contributed by atoms with van der Waals surface area (Å²) in [6, 6.07) is 17.2. The molecule has 0 bridgehead atoms. The van der Waals surface area contributed by atoms with Crippen molar-refractivity contribution in [2.24, 2.45) is 17.1 Å². The summed E-state index contributed by atoms with van der Waals surface area (Å²) in [5, 5.41) is 34.0. The molecule has 0 saturated carbocycles. The molecule has 12 heteroatoms. The number of amides is 3. The Kier molecular flexibility index (Phi) is 14.6. The number of aliphatic hydroxyl groups is 1. The predicted octanol–water partition coefficient (Wildman–Crippen LogP) is 2.79. The second kappa shape index (κ2) is 18.4. The van der Waals surface area contributed by atoms with E-state index >= 15 is 0 Å². The zero-order valence-corrected chi connectivity index (χ0v) is 30.0. The van der Waals surface area contributed by atoms with Crippen molar-refractivity contribution in [3.63, 3.8) is 0 Å². The lowest BCUT2D eigenvalue weighted by atomic mass is 9.86. The number of nitrogens with two attached hydrogens (primary N) is 1. The van der Waals surface area contributed by atoms with Crippen LogP contribution in [0.2, 0.25) is 0 Å². The Balaban J connectivity index is 1.90. The van der Waals surface area contributed by atoms with E-state index in [4.69, 9.17) is 15.2 Å². The zero-order valence-electron chi connectivity index (χ0n) is 30.0. The number of carbonyl (C=O) groups excluding carboxylic acids is 3. The van der Waals surface area contributed by atoms with Gasteiger partial charge in [0.25, 0.3) is 0 Å². The fraction of sp³-hybridized carbons (Fsp3) is 0.447. The monoisotopic (exact) mass is 691 g/mol. The first-order valence-electron chi connectivity index (χ1n) is 16.7. The predicted molar refractivity (Wildman–Crippen MR) is 192 cm³/mol. The molecule has 272 valence electrons. The van der Waals surface area contributed by atoms with Gasteiger partial charge in [-0.15, -0.1) is 0 Å². The van der Waals surface area contributed by atoms with Crippen LogP contribution in [0, 0.1) is 11.3 Å². The molecule has 0 aromatic heterocycles. The molecule has 0 unspecified atom stereocenters. The van der Waals surface area contributed by atoms with Crippen LogP contribution in [-0.2, 0) is 33.9 Å². The minimum atomic E-state index is -1.45. The topological polar surface area (TPSA) is 184 Å². The summed E-state index contributed by atoms with van der Waals surface area (Å²) in [5.41, 5.74) is 7.84. The molecule has 0 aliphatic heterocycles. The molecule has 0 heterocycles. The number of nitrogens with one attached hydrogen (secondary N) is 4. The number of carbonyl (C=O) groups is 3. The van der Waals surface area contributed by atoms with E-state index in [2.05, 4.69) is 21.3 Å². The van der Waals surface area contributed by atoms with Gasteiger partial charge in [-0.2, -0.15) is 0 Å². The second-order valence-corrected chi connectivity index (χ2v) is 13.8. The molecule has 12 nitrogen and oxygen atoms in total. The molecular formula is C38H53N5O7. The van der Waals surface area contributed by atoms with Crippen molar-refractivity contribution in [3.05, 3.63) is 89.5 Å². The van der Waals surface area contributed by atoms with Gasteiger partial charge in [-0.05, 0) is 53.1 Å². The first kappa shape index (κ1) is 39.8. The summed E-state index contributed by atoms with van der Waals surface area (Å²) >= 11 is 0. The maximum Gasteiger partial charge on any atom is 0.243 e. The molecule has 0 aliphatic carbocycles. The van der Waals surface area contributed by atoms with Crippen molar-refractivity contribution < 1.29 is 34.1 Å². The van der Waals surface area contributed by atoms with Gasteiger partial charge in [-0.3, -0.25) is 19.7 Å². The van der Waals surface area contributed by atoms with Crippen LogP contribution in [0.15, 0.2) is 72.8 Å². The molecule has 50 heavy (non-hydrogen) atoms. The third kappa shape index (κ3) is 11.5. The Bertz CT molecular complexity index is 1540. The lowest BCUT2D eigenvalue weighted by Gasteiger charge is -2.34. The van der Waals surface area contributed by atoms with E-state index in [1.54, 1.807) is 45.2 Å². The lowest BCUT2D eigenvalue weighted by molar-refractivity contribution is -0.134. The third-order valence-electron chi connectivity index (χ3n) is 8.56. The number of phenols is 1. The van der Waals surface area contributed by atoms with E-state index in [1.165, 1.54) is 13.2 Å². The van der Waals surface area contributed by atoms with Crippen molar-refractivity contribution >= 4 is 17.7 Å². The van der Waals surface area contributed by atoms with Gasteiger partial charge in [0.15, 0.2) is 0 Å². The molecule has 5 atom stereocenters. The maximum atomic E-state index is 14.1. The zero-order chi connectivity index (χ0) is 37.0. The van der Waals surface area contributed by atoms with Crippen molar-refractivity contribution in [1.29, 1.82) is 0 Å². The summed E-state index contributed by atoms with van der Waals surface area (Å²) in [6.07, 6.45) is -1.24. The molecule has 3 aromatic rings. The fourth-order valence-corrected chi connectivity index (χ4v) is 5.25. The Morgan fingerprint density at radius 2 is 1.40 bits per heavy atom. The summed E-state index contributed by atoms with van der Waals surface area (Å²) < 4.78 is 10.4. The highest BCUT2D eigenvalue weighted by molar-refractivity contribution is 5.90. The number of benzene rings is 3. The maximum absolute atomic E-state index is 14.1. The van der Waals surface area contributed by atoms with Crippen LogP contribution in [0.25, 0.3) is 0 Å². The van der Waals surface area contributed by atoms with E-state index < -0.39 is 53.4 Å². The molecule has 0 saturated heterocycles. The quantitative estimate of drug-likeness (QED) is 0.112. The van der Waals surface area contributed by atoms with E-state index in [9.17, 15) is 24.6 Å². The minimum Gasteiger partial charge on any atom is -0.507 e. The van der Waals surface area contributed by atoms with Crippen molar-refractivity contribution in [2.45, 2.75) is 84.4 Å². The smallest absolute Gasteiger partial charge is 0.243 e. The van der Waals surface area contributed by atoms with Gasteiger partial charge in [0.1, 0.15) is 29.3 Å². The van der Waals surface area contributed by atoms with Crippen LogP contribution >= 0.6 is 0 Å². The van der Waals surface area contributed by atoms with E-state index in [1.807, 2.05) is 63.2 Å². The summed E-state index contributed by atoms with van der Waals surface area (Å²) in [7, 11) is 3.05. The molecule has 0 aliphatic rings. The summed E-state index contributed by atoms with van der Waals surface area (Å²) in [6.45, 7) is 9.31. The lowest BCUT2D eigenvalue weighted by Crippen LogP contribution is -2.63. The minimum absolute atomic E-state index is 0.00867. The van der Waals surface area contributed by atoms with E-state index in [0.29, 0.717) is 17.1 Å². The van der Waals surface area contributed by atoms with Gasteiger partial charge < -0.3 is 41.4 Å². The Labute approximate surface area is 295 Å². The largest absolute Gasteiger partial charge is 0.507 e. The van der Waals surface area contributed by atoms with Gasteiger partial charge >= 0.3 is 0 Å². The van der Waals surface area contributed by atoms with Gasteiger partial charge in [-0.1, -0.05) is 77.1 Å². The van der Waals surface area contributed by atoms with Gasteiger partial charge in [0.2, 0.25) is 17.7 Å². The molecule has 3 rings (SSSR count).